The maximum absolute atomic E-state index is 10.9. The molecule has 3 nitrogen and oxygen atoms in total. The van der Waals surface area contributed by atoms with Gasteiger partial charge < -0.3 is 9.45 Å². The summed E-state index contributed by atoms with van der Waals surface area (Å²) >= 11 is -1.87. The molecule has 1 aliphatic rings. The molecular formula is C10H14LiNO2S. The predicted molar refractivity (Wildman–Crippen MR) is 64.1 cm³/mol. The van der Waals surface area contributed by atoms with Crippen molar-refractivity contribution in [1.29, 1.82) is 0 Å². The van der Waals surface area contributed by atoms with Crippen LogP contribution in [0.15, 0.2) is 29.2 Å². The SMILES string of the molecule is O=S(O)c1cccc(N2CCCC2)c1.[LiH]. The van der Waals surface area contributed by atoms with Gasteiger partial charge in [0.05, 0.1) is 4.90 Å². The van der Waals surface area contributed by atoms with Crippen molar-refractivity contribution in [2.24, 2.45) is 0 Å². The molecule has 1 aromatic carbocycles. The summed E-state index contributed by atoms with van der Waals surface area (Å²) in [5.74, 6) is 0. The average molecular weight is 219 g/mol. The monoisotopic (exact) mass is 219 g/mol. The Kier molecular flexibility index (Phi) is 4.87. The van der Waals surface area contributed by atoms with Crippen LogP contribution in [0.2, 0.25) is 0 Å². The summed E-state index contributed by atoms with van der Waals surface area (Å²) in [4.78, 5) is 2.73. The van der Waals surface area contributed by atoms with Gasteiger partial charge in [0.1, 0.15) is 0 Å². The summed E-state index contributed by atoms with van der Waals surface area (Å²) in [5.41, 5.74) is 1.06. The van der Waals surface area contributed by atoms with Crippen molar-refractivity contribution in [1.82, 2.24) is 0 Å². The van der Waals surface area contributed by atoms with E-state index in [0.717, 1.165) is 18.8 Å². The molecule has 1 heterocycles. The molecular weight excluding hydrogens is 205 g/mol. The zero-order chi connectivity index (χ0) is 9.97. The second-order valence-electron chi connectivity index (χ2n) is 3.44. The van der Waals surface area contributed by atoms with Gasteiger partial charge in [-0.25, -0.2) is 4.21 Å². The van der Waals surface area contributed by atoms with Crippen LogP contribution in [0.25, 0.3) is 0 Å². The van der Waals surface area contributed by atoms with Crippen LogP contribution in [-0.4, -0.2) is 40.7 Å². The van der Waals surface area contributed by atoms with Crippen molar-refractivity contribution in [3.8, 4) is 0 Å². The van der Waals surface area contributed by atoms with Crippen molar-refractivity contribution in [3.63, 3.8) is 0 Å². The van der Waals surface area contributed by atoms with E-state index in [1.165, 1.54) is 12.8 Å². The van der Waals surface area contributed by atoms with Gasteiger partial charge in [-0.1, -0.05) is 6.07 Å². The molecule has 0 bridgehead atoms. The number of hydrogen-bond acceptors (Lipinski definition) is 2. The van der Waals surface area contributed by atoms with E-state index in [2.05, 4.69) is 4.90 Å². The van der Waals surface area contributed by atoms with Gasteiger partial charge in [0, 0.05) is 18.8 Å². The normalized spacial score (nSPS) is 17.3. The van der Waals surface area contributed by atoms with Crippen LogP contribution < -0.4 is 4.90 Å². The average Bonchev–Trinajstić information content (AvgIpc) is 2.71. The predicted octanol–water partition coefficient (Wildman–Crippen LogP) is 1.22. The summed E-state index contributed by atoms with van der Waals surface area (Å²) in [6.07, 6.45) is 2.43. The third-order valence-electron chi connectivity index (χ3n) is 2.49. The minimum absolute atomic E-state index is 0. The first-order valence-corrected chi connectivity index (χ1v) is 5.84. The summed E-state index contributed by atoms with van der Waals surface area (Å²) in [7, 11) is 0. The Hall–Kier alpha value is -0.273. The van der Waals surface area contributed by atoms with E-state index in [-0.39, 0.29) is 18.9 Å². The molecule has 0 spiro atoms. The third-order valence-corrected chi connectivity index (χ3v) is 3.15. The van der Waals surface area contributed by atoms with E-state index < -0.39 is 11.1 Å². The molecule has 1 unspecified atom stereocenters. The van der Waals surface area contributed by atoms with Gasteiger partial charge in [-0.3, -0.25) is 0 Å². The second-order valence-corrected chi connectivity index (χ2v) is 4.41. The van der Waals surface area contributed by atoms with Crippen LogP contribution in [-0.2, 0) is 11.1 Å². The van der Waals surface area contributed by atoms with Gasteiger partial charge in [0.25, 0.3) is 0 Å². The molecule has 1 atom stereocenters. The Morgan fingerprint density at radius 3 is 2.53 bits per heavy atom. The first kappa shape index (κ1) is 12.8. The Morgan fingerprint density at radius 2 is 1.93 bits per heavy atom. The molecule has 1 N–H and O–H groups in total. The molecule has 0 saturated carbocycles. The maximum atomic E-state index is 10.9. The molecule has 1 aliphatic heterocycles. The van der Waals surface area contributed by atoms with Crippen LogP contribution in [0.4, 0.5) is 5.69 Å². The first-order chi connectivity index (χ1) is 6.77. The van der Waals surface area contributed by atoms with Gasteiger partial charge in [-0.15, -0.1) is 0 Å². The Labute approximate surface area is 104 Å². The fraction of sp³-hybridized carbons (Fsp3) is 0.400. The minimum atomic E-state index is -1.87. The van der Waals surface area contributed by atoms with E-state index in [1.54, 1.807) is 12.1 Å². The van der Waals surface area contributed by atoms with Gasteiger partial charge >= 0.3 is 18.9 Å². The summed E-state index contributed by atoms with van der Waals surface area (Å²) in [5, 5.41) is 0. The number of anilines is 1. The third kappa shape index (κ3) is 3.09. The molecule has 15 heavy (non-hydrogen) atoms. The zero-order valence-electron chi connectivity index (χ0n) is 7.85. The topological polar surface area (TPSA) is 40.5 Å². The van der Waals surface area contributed by atoms with E-state index >= 15 is 0 Å². The van der Waals surface area contributed by atoms with Crippen molar-refractivity contribution >= 4 is 35.6 Å². The van der Waals surface area contributed by atoms with E-state index in [9.17, 15) is 4.21 Å². The van der Waals surface area contributed by atoms with Crippen molar-refractivity contribution < 1.29 is 8.76 Å². The van der Waals surface area contributed by atoms with E-state index in [1.807, 2.05) is 12.1 Å². The molecule has 0 aromatic heterocycles. The Bertz CT molecular complexity index is 353. The van der Waals surface area contributed by atoms with Crippen LogP contribution in [0.1, 0.15) is 12.8 Å². The quantitative estimate of drug-likeness (QED) is 0.600. The Morgan fingerprint density at radius 1 is 1.27 bits per heavy atom. The molecule has 0 aliphatic carbocycles. The number of rotatable bonds is 2. The van der Waals surface area contributed by atoms with Gasteiger partial charge in [-0.2, -0.15) is 0 Å². The number of benzene rings is 1. The fourth-order valence-corrected chi connectivity index (χ4v) is 2.18. The van der Waals surface area contributed by atoms with Gasteiger partial charge in [0.2, 0.25) is 0 Å². The van der Waals surface area contributed by atoms with Crippen molar-refractivity contribution in [3.05, 3.63) is 24.3 Å². The van der Waals surface area contributed by atoms with Crippen LogP contribution >= 0.6 is 0 Å². The standard InChI is InChI=1S/C10H13NO2S.Li.H/c12-14(13)10-5-3-4-9(8-10)11-6-1-2-7-11;;/h3-5,8H,1-2,6-7H2,(H,12,13);;. The molecule has 78 valence electrons. The molecule has 1 aromatic rings. The number of hydrogen-bond donors (Lipinski definition) is 1. The fourth-order valence-electron chi connectivity index (χ4n) is 1.76. The molecule has 0 amide bonds. The van der Waals surface area contributed by atoms with E-state index in [4.69, 9.17) is 4.55 Å². The van der Waals surface area contributed by atoms with E-state index in [0.29, 0.717) is 4.90 Å². The second kappa shape index (κ2) is 5.71. The number of nitrogens with zero attached hydrogens (tertiary/aromatic N) is 1. The molecule has 5 heteroatoms. The summed E-state index contributed by atoms with van der Waals surface area (Å²) < 4.78 is 19.8. The first-order valence-electron chi connectivity index (χ1n) is 4.73. The van der Waals surface area contributed by atoms with Crippen molar-refractivity contribution in [2.75, 3.05) is 18.0 Å². The van der Waals surface area contributed by atoms with Gasteiger partial charge in [-0.05, 0) is 31.0 Å². The molecule has 1 fully saturated rings. The van der Waals surface area contributed by atoms with Crippen LogP contribution in [0, 0.1) is 0 Å². The van der Waals surface area contributed by atoms with Crippen molar-refractivity contribution in [2.45, 2.75) is 17.7 Å². The summed E-state index contributed by atoms with van der Waals surface area (Å²) in [6, 6.07) is 7.29. The zero-order valence-corrected chi connectivity index (χ0v) is 8.67. The molecule has 1 saturated heterocycles. The summed E-state index contributed by atoms with van der Waals surface area (Å²) in [6.45, 7) is 2.11. The molecule has 0 radical (unpaired) electrons. The van der Waals surface area contributed by atoms with Crippen LogP contribution in [0.5, 0.6) is 0 Å². The molecule has 2 rings (SSSR count). The Balaban J connectivity index is 0.00000112. The van der Waals surface area contributed by atoms with Gasteiger partial charge in [0.15, 0.2) is 11.1 Å². The van der Waals surface area contributed by atoms with Crippen LogP contribution in [0.3, 0.4) is 0 Å².